The Morgan fingerprint density at radius 1 is 0.969 bits per heavy atom. The molecule has 0 saturated carbocycles. The van der Waals surface area contributed by atoms with E-state index in [1.807, 2.05) is 0 Å². The van der Waals surface area contributed by atoms with Gasteiger partial charge in [0, 0.05) is 30.3 Å². The third-order valence-electron chi connectivity index (χ3n) is 6.88. The zero-order chi connectivity index (χ0) is 22.2. The molecule has 3 aromatic rings. The maximum Gasteiger partial charge on any atom is 0.129 e. The number of rotatable bonds is 6. The zero-order valence-corrected chi connectivity index (χ0v) is 18.3. The normalized spacial score (nSPS) is 19.6. The molecule has 1 saturated heterocycles. The molecular formula is C25H28F3N3O. The number of aryl methyl sites for hydroxylation is 1. The minimum Gasteiger partial charge on any atom is -0.493 e. The molecule has 2 aliphatic rings. The van der Waals surface area contributed by atoms with E-state index in [9.17, 15) is 13.2 Å². The lowest BCUT2D eigenvalue weighted by Gasteiger charge is -2.32. The number of benzene rings is 2. The fourth-order valence-electron chi connectivity index (χ4n) is 5.18. The number of ether oxygens (including phenoxy) is 1. The first-order valence-electron chi connectivity index (χ1n) is 11.5. The average molecular weight is 444 g/mol. The summed E-state index contributed by atoms with van der Waals surface area (Å²) in [6.45, 7) is 5.38. The van der Waals surface area contributed by atoms with Crippen molar-refractivity contribution in [2.45, 2.75) is 51.6 Å². The van der Waals surface area contributed by atoms with E-state index in [0.29, 0.717) is 18.6 Å². The summed E-state index contributed by atoms with van der Waals surface area (Å²) in [4.78, 5) is 7.22. The van der Waals surface area contributed by atoms with Gasteiger partial charge in [-0.25, -0.2) is 18.2 Å². The maximum absolute atomic E-state index is 14.0. The first-order chi connectivity index (χ1) is 15.5. The first-order valence-corrected chi connectivity index (χ1v) is 11.5. The smallest absolute Gasteiger partial charge is 0.129 e. The van der Waals surface area contributed by atoms with E-state index in [4.69, 9.17) is 9.72 Å². The highest BCUT2D eigenvalue weighted by atomic mass is 19.1. The van der Waals surface area contributed by atoms with Crippen LogP contribution >= 0.6 is 0 Å². The van der Waals surface area contributed by atoms with Gasteiger partial charge in [-0.05, 0) is 69.7 Å². The molecule has 1 unspecified atom stereocenters. The van der Waals surface area contributed by atoms with Crippen molar-refractivity contribution >= 4 is 11.0 Å². The van der Waals surface area contributed by atoms with E-state index in [0.717, 1.165) is 80.2 Å². The second kappa shape index (κ2) is 8.77. The molecule has 0 aliphatic carbocycles. The quantitative estimate of drug-likeness (QED) is 0.494. The van der Waals surface area contributed by atoms with Gasteiger partial charge in [-0.3, -0.25) is 4.90 Å². The summed E-state index contributed by atoms with van der Waals surface area (Å²) in [5.74, 6) is 0.342. The second-order valence-corrected chi connectivity index (χ2v) is 9.18. The lowest BCUT2D eigenvalue weighted by Crippen LogP contribution is -2.34. The number of hydrogen-bond donors (Lipinski definition) is 0. The summed E-state index contributed by atoms with van der Waals surface area (Å²) in [7, 11) is 0. The van der Waals surface area contributed by atoms with Gasteiger partial charge in [0.15, 0.2) is 0 Å². The number of aromatic nitrogens is 2. The van der Waals surface area contributed by atoms with E-state index in [1.165, 1.54) is 12.1 Å². The molecular weight excluding hydrogens is 415 g/mol. The van der Waals surface area contributed by atoms with E-state index >= 15 is 0 Å². The van der Waals surface area contributed by atoms with E-state index in [2.05, 4.69) is 16.4 Å². The van der Waals surface area contributed by atoms with Crippen LogP contribution in [0.1, 0.15) is 50.0 Å². The Bertz CT molecular complexity index is 1100. The first kappa shape index (κ1) is 21.3. The second-order valence-electron chi connectivity index (χ2n) is 9.18. The Kier molecular flexibility index (Phi) is 5.84. The Morgan fingerprint density at radius 2 is 1.69 bits per heavy atom. The van der Waals surface area contributed by atoms with Crippen molar-refractivity contribution in [3.63, 3.8) is 0 Å². The molecule has 0 amide bonds. The van der Waals surface area contributed by atoms with Crippen LogP contribution in [0.3, 0.4) is 0 Å². The van der Waals surface area contributed by atoms with Gasteiger partial charge in [0.05, 0.1) is 24.2 Å². The van der Waals surface area contributed by atoms with E-state index in [1.54, 1.807) is 12.1 Å². The van der Waals surface area contributed by atoms with Gasteiger partial charge in [-0.15, -0.1) is 0 Å². The Hall–Kier alpha value is -2.54. The van der Waals surface area contributed by atoms with Crippen LogP contribution in [0, 0.1) is 23.4 Å². The molecule has 1 aromatic heterocycles. The van der Waals surface area contributed by atoms with Gasteiger partial charge in [0.1, 0.15) is 29.0 Å². The number of nitrogens with zero attached hydrogens (tertiary/aromatic N) is 3. The summed E-state index contributed by atoms with van der Waals surface area (Å²) in [5.41, 5.74) is 2.93. The molecule has 170 valence electrons. The number of hydrogen-bond acceptors (Lipinski definition) is 3. The number of likely N-dealkylation sites (tertiary alicyclic amines) is 1. The lowest BCUT2D eigenvalue weighted by atomic mass is 9.94. The van der Waals surface area contributed by atoms with Gasteiger partial charge in [-0.2, -0.15) is 0 Å². The standard InChI is InChI=1S/C25H28F3N3O/c1-16-2-3-18-10-19(26)14-23-25(18)31(16)24(29-23)15-30-7-4-17(5-8-30)6-9-32-22-12-20(27)11-21(28)13-22/h10-14,16-17H,2-9,15H2,1H3. The van der Waals surface area contributed by atoms with Crippen LogP contribution in [0.15, 0.2) is 30.3 Å². The van der Waals surface area contributed by atoms with Gasteiger partial charge in [-0.1, -0.05) is 0 Å². The molecule has 2 aliphatic heterocycles. The van der Waals surface area contributed by atoms with Crippen molar-refractivity contribution in [2.24, 2.45) is 5.92 Å². The van der Waals surface area contributed by atoms with Crippen LogP contribution in [0.5, 0.6) is 5.75 Å². The Morgan fingerprint density at radius 3 is 2.44 bits per heavy atom. The minimum absolute atomic E-state index is 0.206. The largest absolute Gasteiger partial charge is 0.493 e. The molecule has 5 rings (SSSR count). The summed E-state index contributed by atoms with van der Waals surface area (Å²) >= 11 is 0. The third kappa shape index (κ3) is 4.35. The molecule has 7 heteroatoms. The lowest BCUT2D eigenvalue weighted by molar-refractivity contribution is 0.153. The fourth-order valence-corrected chi connectivity index (χ4v) is 5.18. The third-order valence-corrected chi connectivity index (χ3v) is 6.88. The summed E-state index contributed by atoms with van der Waals surface area (Å²) in [6.07, 6.45) is 4.87. The van der Waals surface area contributed by atoms with Gasteiger partial charge < -0.3 is 9.30 Å². The van der Waals surface area contributed by atoms with Crippen molar-refractivity contribution in [3.8, 4) is 5.75 Å². The molecule has 1 atom stereocenters. The molecule has 32 heavy (non-hydrogen) atoms. The summed E-state index contributed by atoms with van der Waals surface area (Å²) in [6, 6.07) is 6.85. The van der Waals surface area contributed by atoms with Crippen molar-refractivity contribution < 1.29 is 17.9 Å². The molecule has 0 spiro atoms. The van der Waals surface area contributed by atoms with Crippen molar-refractivity contribution in [1.82, 2.24) is 14.5 Å². The Balaban J connectivity index is 1.17. The molecule has 1 fully saturated rings. The predicted octanol–water partition coefficient (Wildman–Crippen LogP) is 5.64. The van der Waals surface area contributed by atoms with Crippen LogP contribution in [0.4, 0.5) is 13.2 Å². The van der Waals surface area contributed by atoms with Crippen LogP contribution in [-0.2, 0) is 13.0 Å². The molecule has 3 heterocycles. The highest BCUT2D eigenvalue weighted by molar-refractivity contribution is 5.80. The number of imidazole rings is 1. The molecule has 0 N–H and O–H groups in total. The van der Waals surface area contributed by atoms with Gasteiger partial charge in [0.2, 0.25) is 0 Å². The van der Waals surface area contributed by atoms with Crippen molar-refractivity contribution in [3.05, 3.63) is 59.2 Å². The van der Waals surface area contributed by atoms with Crippen LogP contribution in [0.2, 0.25) is 0 Å². The Labute approximate surface area is 186 Å². The van der Waals surface area contributed by atoms with Crippen LogP contribution < -0.4 is 4.74 Å². The molecule has 2 aromatic carbocycles. The topological polar surface area (TPSA) is 30.3 Å². The molecule has 4 nitrogen and oxygen atoms in total. The predicted molar refractivity (Wildman–Crippen MR) is 117 cm³/mol. The average Bonchev–Trinajstić information content (AvgIpc) is 3.10. The zero-order valence-electron chi connectivity index (χ0n) is 18.3. The fraction of sp³-hybridized carbons (Fsp3) is 0.480. The van der Waals surface area contributed by atoms with Gasteiger partial charge >= 0.3 is 0 Å². The number of halogens is 3. The van der Waals surface area contributed by atoms with Crippen molar-refractivity contribution in [1.29, 1.82) is 0 Å². The summed E-state index contributed by atoms with van der Waals surface area (Å²) in [5, 5.41) is 0. The van der Waals surface area contributed by atoms with E-state index < -0.39 is 11.6 Å². The minimum atomic E-state index is -0.622. The highest BCUT2D eigenvalue weighted by Gasteiger charge is 2.26. The van der Waals surface area contributed by atoms with Crippen LogP contribution in [-0.4, -0.2) is 34.1 Å². The summed E-state index contributed by atoms with van der Waals surface area (Å²) < 4.78 is 48.4. The molecule has 0 radical (unpaired) electrons. The molecule has 0 bridgehead atoms. The monoisotopic (exact) mass is 443 g/mol. The SMILES string of the molecule is CC1CCc2cc(F)cc3nc(CN4CCC(CCOc5cc(F)cc(F)c5)CC4)n1c23. The maximum atomic E-state index is 14.0. The van der Waals surface area contributed by atoms with Crippen molar-refractivity contribution in [2.75, 3.05) is 19.7 Å². The number of piperidine rings is 1. The van der Waals surface area contributed by atoms with E-state index in [-0.39, 0.29) is 11.6 Å². The van der Waals surface area contributed by atoms with Gasteiger partial charge in [0.25, 0.3) is 0 Å². The van der Waals surface area contributed by atoms with Crippen LogP contribution in [0.25, 0.3) is 11.0 Å². The highest BCUT2D eigenvalue weighted by Crippen LogP contribution is 2.34.